The molecule has 9 heteroatoms. The van der Waals surface area contributed by atoms with Gasteiger partial charge in [-0.05, 0) is 25.5 Å². The molecule has 1 aromatic heterocycles. The number of anilines is 1. The number of nitrogens with one attached hydrogen (secondary N) is 1. The molecule has 1 N–H and O–H groups in total. The van der Waals surface area contributed by atoms with Crippen molar-refractivity contribution >= 4 is 34.0 Å². The highest BCUT2D eigenvalue weighted by Gasteiger charge is 2.17. The van der Waals surface area contributed by atoms with Gasteiger partial charge in [-0.2, -0.15) is 8.78 Å². The Morgan fingerprint density at radius 3 is 2.92 bits per heavy atom. The molecule has 25 heavy (non-hydrogen) atoms. The van der Waals surface area contributed by atoms with Crippen LogP contribution in [0, 0.1) is 6.92 Å². The van der Waals surface area contributed by atoms with Crippen molar-refractivity contribution < 1.29 is 18.3 Å². The van der Waals surface area contributed by atoms with Crippen molar-refractivity contribution in [2.45, 2.75) is 37.6 Å². The minimum absolute atomic E-state index is 0.0760. The van der Waals surface area contributed by atoms with E-state index in [1.807, 2.05) is 0 Å². The van der Waals surface area contributed by atoms with Gasteiger partial charge in [0.15, 0.2) is 10.1 Å². The number of thioether (sulfide) groups is 1. The Morgan fingerprint density at radius 2 is 2.20 bits per heavy atom. The number of carbonyl (C=O) groups is 1. The summed E-state index contributed by atoms with van der Waals surface area (Å²) >= 11 is 2.59. The van der Waals surface area contributed by atoms with Gasteiger partial charge in [-0.3, -0.25) is 4.79 Å². The number of nitrogens with zero attached hydrogens (tertiary/aromatic N) is 2. The standard InChI is InChI=1S/C16H19F2N3O2S2/c1-3-4-7-19-15-20-21-16(25-15)24-9-12(22)11-8-10(2)5-6-13(11)23-14(17)18/h5-6,8,14H,3-4,7,9H2,1-2H3,(H,19,20). The lowest BCUT2D eigenvalue weighted by atomic mass is 10.1. The molecule has 136 valence electrons. The highest BCUT2D eigenvalue weighted by Crippen LogP contribution is 2.28. The van der Waals surface area contributed by atoms with Gasteiger partial charge in [0.1, 0.15) is 5.75 Å². The predicted molar refractivity (Wildman–Crippen MR) is 96.2 cm³/mol. The number of unbranched alkanes of at least 4 members (excludes halogenated alkanes) is 1. The number of halogens is 2. The summed E-state index contributed by atoms with van der Waals surface area (Å²) in [4.78, 5) is 12.4. The fourth-order valence-corrected chi connectivity index (χ4v) is 3.64. The lowest BCUT2D eigenvalue weighted by Crippen LogP contribution is -2.10. The molecule has 0 unspecified atom stereocenters. The summed E-state index contributed by atoms with van der Waals surface area (Å²) in [6.07, 6.45) is 2.13. The van der Waals surface area contributed by atoms with Gasteiger partial charge in [-0.1, -0.05) is 48.1 Å². The topological polar surface area (TPSA) is 64.1 Å². The third-order valence-electron chi connectivity index (χ3n) is 3.19. The van der Waals surface area contributed by atoms with Gasteiger partial charge in [0.25, 0.3) is 0 Å². The Balaban J connectivity index is 1.97. The first-order valence-electron chi connectivity index (χ1n) is 7.78. The van der Waals surface area contributed by atoms with Crippen LogP contribution in [-0.4, -0.2) is 34.9 Å². The van der Waals surface area contributed by atoms with Crippen molar-refractivity contribution in [1.82, 2.24) is 10.2 Å². The third-order valence-corrected chi connectivity index (χ3v) is 5.21. The molecule has 0 aliphatic rings. The van der Waals surface area contributed by atoms with Crippen molar-refractivity contribution in [1.29, 1.82) is 0 Å². The summed E-state index contributed by atoms with van der Waals surface area (Å²) in [5.74, 6) is -0.322. The smallest absolute Gasteiger partial charge is 0.387 e. The summed E-state index contributed by atoms with van der Waals surface area (Å²) in [6, 6.07) is 4.57. The van der Waals surface area contributed by atoms with E-state index in [0.717, 1.165) is 24.9 Å². The predicted octanol–water partition coefficient (Wildman–Crippen LogP) is 4.63. The third kappa shape index (κ3) is 6.24. The van der Waals surface area contributed by atoms with Crippen molar-refractivity contribution in [2.24, 2.45) is 0 Å². The summed E-state index contributed by atoms with van der Waals surface area (Å²) < 4.78 is 30.0. The van der Waals surface area contributed by atoms with Crippen molar-refractivity contribution in [3.05, 3.63) is 29.3 Å². The number of benzene rings is 1. The molecule has 0 aliphatic carbocycles. The molecule has 0 fully saturated rings. The van der Waals surface area contributed by atoms with Gasteiger partial charge in [-0.15, -0.1) is 10.2 Å². The van der Waals surface area contributed by atoms with Crippen molar-refractivity contribution in [2.75, 3.05) is 17.6 Å². The summed E-state index contributed by atoms with van der Waals surface area (Å²) in [5, 5.41) is 11.9. The SMILES string of the molecule is CCCCNc1nnc(SCC(=O)c2cc(C)ccc2OC(F)F)s1. The van der Waals surface area contributed by atoms with Crippen LogP contribution in [0.5, 0.6) is 5.75 Å². The zero-order chi connectivity index (χ0) is 18.2. The number of hydrogen-bond donors (Lipinski definition) is 1. The first kappa shape index (κ1) is 19.6. The Bertz CT molecular complexity index is 710. The van der Waals surface area contributed by atoms with Gasteiger partial charge in [0, 0.05) is 6.54 Å². The molecular weight excluding hydrogens is 368 g/mol. The number of rotatable bonds is 10. The number of carbonyl (C=O) groups excluding carboxylic acids is 1. The highest BCUT2D eigenvalue weighted by atomic mass is 32.2. The zero-order valence-electron chi connectivity index (χ0n) is 13.9. The van der Waals surface area contributed by atoms with Crippen molar-refractivity contribution in [3.63, 3.8) is 0 Å². The van der Waals surface area contributed by atoms with E-state index in [0.29, 0.717) is 9.47 Å². The Hall–Kier alpha value is -1.74. The van der Waals surface area contributed by atoms with Crippen LogP contribution in [0.4, 0.5) is 13.9 Å². The van der Waals surface area contributed by atoms with Gasteiger partial charge in [0.2, 0.25) is 5.13 Å². The lowest BCUT2D eigenvalue weighted by Gasteiger charge is -2.10. The molecule has 0 spiro atoms. The monoisotopic (exact) mass is 387 g/mol. The minimum Gasteiger partial charge on any atom is -0.434 e. The Morgan fingerprint density at radius 1 is 1.40 bits per heavy atom. The van der Waals surface area contributed by atoms with E-state index in [-0.39, 0.29) is 22.8 Å². The number of aryl methyl sites for hydroxylation is 1. The van der Waals surface area contributed by atoms with Crippen LogP contribution in [0.2, 0.25) is 0 Å². The maximum Gasteiger partial charge on any atom is 0.387 e. The molecule has 0 atom stereocenters. The van der Waals surface area contributed by atoms with Crippen LogP contribution in [0.15, 0.2) is 22.5 Å². The van der Waals surface area contributed by atoms with E-state index in [1.165, 1.54) is 29.2 Å². The van der Waals surface area contributed by atoms with Gasteiger partial charge < -0.3 is 10.1 Å². The van der Waals surface area contributed by atoms with Crippen LogP contribution in [-0.2, 0) is 0 Å². The summed E-state index contributed by atoms with van der Waals surface area (Å²) in [7, 11) is 0. The largest absolute Gasteiger partial charge is 0.434 e. The second kappa shape index (κ2) is 9.67. The average Bonchev–Trinajstić information content (AvgIpc) is 3.02. The molecule has 0 aliphatic heterocycles. The van der Waals surface area contributed by atoms with E-state index in [4.69, 9.17) is 0 Å². The normalized spacial score (nSPS) is 10.9. The van der Waals surface area contributed by atoms with E-state index >= 15 is 0 Å². The molecule has 0 saturated carbocycles. The average molecular weight is 387 g/mol. The molecular formula is C16H19F2N3O2S2. The fourth-order valence-electron chi connectivity index (χ4n) is 1.98. The Kier molecular flexibility index (Phi) is 7.57. The number of Topliss-reactive ketones (excluding diaryl/α,β-unsaturated/α-hetero) is 1. The van der Waals surface area contributed by atoms with Gasteiger partial charge >= 0.3 is 6.61 Å². The molecule has 1 aromatic carbocycles. The second-order valence-electron chi connectivity index (χ2n) is 5.24. The van der Waals surface area contributed by atoms with Crippen LogP contribution in [0.25, 0.3) is 0 Å². The van der Waals surface area contributed by atoms with Crippen molar-refractivity contribution in [3.8, 4) is 5.75 Å². The van der Waals surface area contributed by atoms with Gasteiger partial charge in [-0.25, -0.2) is 0 Å². The number of alkyl halides is 2. The number of ketones is 1. The maximum atomic E-state index is 12.5. The van der Waals surface area contributed by atoms with E-state index in [9.17, 15) is 13.6 Å². The fraction of sp³-hybridized carbons (Fsp3) is 0.438. The number of hydrogen-bond acceptors (Lipinski definition) is 7. The molecule has 0 radical (unpaired) electrons. The molecule has 2 rings (SSSR count). The van der Waals surface area contributed by atoms with Crippen LogP contribution in [0.1, 0.15) is 35.7 Å². The molecule has 0 saturated heterocycles. The first-order valence-corrected chi connectivity index (χ1v) is 9.58. The molecule has 2 aromatic rings. The van der Waals surface area contributed by atoms with Crippen LogP contribution in [0.3, 0.4) is 0 Å². The first-order chi connectivity index (χ1) is 12.0. The Labute approximate surface area is 153 Å². The summed E-state index contributed by atoms with van der Waals surface area (Å²) in [5.41, 5.74) is 0.951. The lowest BCUT2D eigenvalue weighted by molar-refractivity contribution is -0.0501. The number of aromatic nitrogens is 2. The molecule has 0 bridgehead atoms. The quantitative estimate of drug-likeness (QED) is 0.364. The van der Waals surface area contributed by atoms with Crippen LogP contribution < -0.4 is 10.1 Å². The highest BCUT2D eigenvalue weighted by molar-refractivity contribution is 8.01. The van der Waals surface area contributed by atoms with Gasteiger partial charge in [0.05, 0.1) is 11.3 Å². The maximum absolute atomic E-state index is 12.5. The second-order valence-corrected chi connectivity index (χ2v) is 7.44. The molecule has 1 heterocycles. The number of ether oxygens (including phenoxy) is 1. The molecule has 5 nitrogen and oxygen atoms in total. The molecule has 0 amide bonds. The zero-order valence-corrected chi connectivity index (χ0v) is 15.6. The summed E-state index contributed by atoms with van der Waals surface area (Å²) in [6.45, 7) is 1.75. The minimum atomic E-state index is -2.97. The van der Waals surface area contributed by atoms with E-state index < -0.39 is 6.61 Å². The van der Waals surface area contributed by atoms with E-state index in [1.54, 1.807) is 19.1 Å². The van der Waals surface area contributed by atoms with E-state index in [2.05, 4.69) is 27.2 Å². The van der Waals surface area contributed by atoms with Crippen LogP contribution >= 0.6 is 23.1 Å².